The van der Waals surface area contributed by atoms with Crippen molar-refractivity contribution in [3.8, 4) is 17.0 Å². The number of benzene rings is 2. The van der Waals surface area contributed by atoms with Gasteiger partial charge >= 0.3 is 6.18 Å². The molecule has 0 unspecified atom stereocenters. The Morgan fingerprint density at radius 2 is 1.86 bits per heavy atom. The Labute approximate surface area is 214 Å². The smallest absolute Gasteiger partial charge is 0.419 e. The van der Waals surface area contributed by atoms with E-state index in [2.05, 4.69) is 20.4 Å². The number of fused-ring (bicyclic) bond motifs is 1. The average molecular weight is 541 g/mol. The van der Waals surface area contributed by atoms with Crippen molar-refractivity contribution in [2.24, 2.45) is 7.05 Å². The van der Waals surface area contributed by atoms with Crippen LogP contribution in [0.2, 0.25) is 0 Å². The molecule has 37 heavy (non-hydrogen) atoms. The van der Waals surface area contributed by atoms with Gasteiger partial charge in [0, 0.05) is 44.5 Å². The molecular weight excluding hydrogens is 519 g/mol. The van der Waals surface area contributed by atoms with Gasteiger partial charge in [-0.1, -0.05) is 30.3 Å². The number of halogens is 6. The Morgan fingerprint density at radius 3 is 2.57 bits per heavy atom. The number of anilines is 1. The fraction of sp³-hybridized carbons (Fsp3) is 0.292. The number of nitrogens with one attached hydrogen (secondary N) is 1. The monoisotopic (exact) mass is 540 g/mol. The van der Waals surface area contributed by atoms with Crippen LogP contribution in [0.1, 0.15) is 11.1 Å². The third-order valence-corrected chi connectivity index (χ3v) is 6.23. The van der Waals surface area contributed by atoms with Crippen LogP contribution in [0.15, 0.2) is 42.6 Å². The maximum Gasteiger partial charge on any atom is 0.419 e. The van der Waals surface area contributed by atoms with Gasteiger partial charge < -0.3 is 15.3 Å². The van der Waals surface area contributed by atoms with E-state index in [4.69, 9.17) is 0 Å². The molecule has 0 aliphatic carbocycles. The SMILES string of the molecule is Cl.Cn1nc(-c2cc(C(F)(F)F)c(F)c(O)c2F)c2cnc(N3CCNC[C@H]3Cc3ccccc3)nc21. The van der Waals surface area contributed by atoms with Crippen molar-refractivity contribution in [3.05, 3.63) is 65.4 Å². The first-order chi connectivity index (χ1) is 17.1. The van der Waals surface area contributed by atoms with Crippen LogP contribution in [0.25, 0.3) is 22.3 Å². The molecule has 3 heterocycles. The normalized spacial score (nSPS) is 16.2. The van der Waals surface area contributed by atoms with Gasteiger partial charge in [0.2, 0.25) is 5.95 Å². The van der Waals surface area contributed by atoms with Gasteiger partial charge in [-0.2, -0.15) is 23.3 Å². The van der Waals surface area contributed by atoms with Crippen molar-refractivity contribution in [3.63, 3.8) is 0 Å². The number of aryl methyl sites for hydroxylation is 1. The van der Waals surface area contributed by atoms with E-state index in [0.717, 1.165) is 12.0 Å². The van der Waals surface area contributed by atoms with E-state index < -0.39 is 34.7 Å². The fourth-order valence-electron chi connectivity index (χ4n) is 4.46. The second-order valence-corrected chi connectivity index (χ2v) is 8.57. The summed E-state index contributed by atoms with van der Waals surface area (Å²) >= 11 is 0. The van der Waals surface area contributed by atoms with E-state index in [1.54, 1.807) is 0 Å². The van der Waals surface area contributed by atoms with Gasteiger partial charge in [0.25, 0.3) is 0 Å². The van der Waals surface area contributed by atoms with Crippen molar-refractivity contribution < 1.29 is 27.1 Å². The summed E-state index contributed by atoms with van der Waals surface area (Å²) in [5, 5.41) is 17.4. The van der Waals surface area contributed by atoms with Crippen LogP contribution in [0, 0.1) is 11.6 Å². The lowest BCUT2D eigenvalue weighted by Gasteiger charge is -2.36. The molecule has 196 valence electrons. The second-order valence-electron chi connectivity index (χ2n) is 8.57. The number of aromatic nitrogens is 4. The minimum absolute atomic E-state index is 0. The van der Waals surface area contributed by atoms with E-state index in [9.17, 15) is 27.1 Å². The molecule has 2 N–H and O–H groups in total. The largest absolute Gasteiger partial charge is 0.503 e. The highest BCUT2D eigenvalue weighted by Gasteiger charge is 2.38. The zero-order valence-electron chi connectivity index (χ0n) is 19.4. The Hall–Kier alpha value is -3.51. The van der Waals surface area contributed by atoms with E-state index in [-0.39, 0.29) is 35.2 Å². The van der Waals surface area contributed by atoms with Crippen LogP contribution in [-0.2, 0) is 19.6 Å². The topological polar surface area (TPSA) is 79.1 Å². The Balaban J connectivity index is 0.00000320. The number of nitrogens with zero attached hydrogens (tertiary/aromatic N) is 5. The van der Waals surface area contributed by atoms with Crippen molar-refractivity contribution in [2.45, 2.75) is 18.6 Å². The molecular formula is C24H22ClF5N6O. The number of piperazine rings is 1. The van der Waals surface area contributed by atoms with Crippen molar-refractivity contribution in [1.29, 1.82) is 0 Å². The lowest BCUT2D eigenvalue weighted by molar-refractivity contribution is -0.140. The zero-order valence-corrected chi connectivity index (χ0v) is 20.2. The summed E-state index contributed by atoms with van der Waals surface area (Å²) in [7, 11) is 1.51. The molecule has 4 aromatic rings. The lowest BCUT2D eigenvalue weighted by atomic mass is 10.0. The zero-order chi connectivity index (χ0) is 25.6. The molecule has 1 atom stereocenters. The molecule has 13 heteroatoms. The first kappa shape index (κ1) is 26.6. The summed E-state index contributed by atoms with van der Waals surface area (Å²) in [5.74, 6) is -4.95. The number of hydrogen-bond acceptors (Lipinski definition) is 6. The van der Waals surface area contributed by atoms with Crippen LogP contribution >= 0.6 is 12.4 Å². The number of alkyl halides is 3. The first-order valence-corrected chi connectivity index (χ1v) is 11.1. The molecule has 2 aromatic carbocycles. The average Bonchev–Trinajstić information content (AvgIpc) is 3.18. The predicted molar refractivity (Wildman–Crippen MR) is 130 cm³/mol. The van der Waals surface area contributed by atoms with Gasteiger partial charge in [0.05, 0.1) is 10.9 Å². The number of rotatable bonds is 4. The molecule has 0 spiro atoms. The van der Waals surface area contributed by atoms with E-state index in [1.165, 1.54) is 17.9 Å². The highest BCUT2D eigenvalue weighted by Crippen LogP contribution is 2.41. The minimum Gasteiger partial charge on any atom is -0.503 e. The Morgan fingerprint density at radius 1 is 1.14 bits per heavy atom. The number of phenols is 1. The second kappa shape index (κ2) is 10.1. The molecule has 0 amide bonds. The molecule has 0 bridgehead atoms. The first-order valence-electron chi connectivity index (χ1n) is 11.1. The Kier molecular flexibility index (Phi) is 7.24. The quantitative estimate of drug-likeness (QED) is 0.372. The summed E-state index contributed by atoms with van der Waals surface area (Å²) in [6, 6.07) is 10.3. The minimum atomic E-state index is -5.14. The van der Waals surface area contributed by atoms with Crippen LogP contribution in [0.3, 0.4) is 0 Å². The molecule has 1 aliphatic rings. The molecule has 1 saturated heterocycles. The van der Waals surface area contributed by atoms with Gasteiger partial charge in [0.1, 0.15) is 5.69 Å². The predicted octanol–water partition coefficient (Wildman–Crippen LogP) is 4.48. The summed E-state index contributed by atoms with van der Waals surface area (Å²) in [4.78, 5) is 11.0. The van der Waals surface area contributed by atoms with Crippen molar-refractivity contribution in [2.75, 3.05) is 24.5 Å². The van der Waals surface area contributed by atoms with Crippen LogP contribution in [0.4, 0.5) is 27.9 Å². The van der Waals surface area contributed by atoms with Gasteiger partial charge in [-0.25, -0.2) is 18.4 Å². The van der Waals surface area contributed by atoms with Crippen molar-refractivity contribution in [1.82, 2.24) is 25.1 Å². The van der Waals surface area contributed by atoms with Gasteiger partial charge in [0.15, 0.2) is 23.0 Å². The highest BCUT2D eigenvalue weighted by atomic mass is 35.5. The van der Waals surface area contributed by atoms with Crippen LogP contribution < -0.4 is 10.2 Å². The number of phenolic OH excluding ortho intramolecular Hbond substituents is 1. The van der Waals surface area contributed by atoms with Crippen LogP contribution in [0.5, 0.6) is 5.75 Å². The standard InChI is InChI=1S/C24H21F5N6O.ClH/c1-34-22-16(20(33-34)15-10-17(24(27,28)29)19(26)21(36)18(15)25)12-31-23(32-22)35-8-7-30-11-14(35)9-13-5-3-2-4-6-13;/h2-6,10,12,14,30,36H,7-9,11H2,1H3;1H/t14-;/m1./s1. The summed E-state index contributed by atoms with van der Waals surface area (Å²) in [6.45, 7) is 2.04. The maximum absolute atomic E-state index is 14.7. The van der Waals surface area contributed by atoms with E-state index >= 15 is 0 Å². The number of aromatic hydroxyl groups is 1. The highest BCUT2D eigenvalue weighted by molar-refractivity contribution is 5.91. The Bertz CT molecular complexity index is 1430. The number of hydrogen-bond donors (Lipinski definition) is 2. The third-order valence-electron chi connectivity index (χ3n) is 6.23. The third kappa shape index (κ3) is 4.90. The molecule has 5 rings (SSSR count). The molecule has 7 nitrogen and oxygen atoms in total. The molecule has 0 saturated carbocycles. The molecule has 1 fully saturated rings. The molecule has 2 aromatic heterocycles. The molecule has 0 radical (unpaired) electrons. The fourth-order valence-corrected chi connectivity index (χ4v) is 4.46. The van der Waals surface area contributed by atoms with Gasteiger partial charge in [-0.15, -0.1) is 12.4 Å². The lowest BCUT2D eigenvalue weighted by Crippen LogP contribution is -2.53. The maximum atomic E-state index is 14.7. The molecule has 1 aliphatic heterocycles. The van der Waals surface area contributed by atoms with Crippen molar-refractivity contribution >= 4 is 29.4 Å². The van der Waals surface area contributed by atoms with Gasteiger partial charge in [-0.3, -0.25) is 0 Å². The van der Waals surface area contributed by atoms with E-state index in [1.807, 2.05) is 35.2 Å². The van der Waals surface area contributed by atoms with Gasteiger partial charge in [-0.05, 0) is 18.1 Å². The summed E-state index contributed by atoms with van der Waals surface area (Å²) in [6.07, 6.45) is -3.05. The summed E-state index contributed by atoms with van der Waals surface area (Å²) < 4.78 is 69.8. The van der Waals surface area contributed by atoms with E-state index in [0.29, 0.717) is 31.6 Å². The van der Waals surface area contributed by atoms with Crippen LogP contribution in [-0.4, -0.2) is 50.5 Å². The summed E-state index contributed by atoms with van der Waals surface area (Å²) in [5.41, 5.74) is -1.33.